The molecule has 0 saturated carbocycles. The molecule has 0 aromatic carbocycles. The molecule has 110 valence electrons. The number of fused-ring (bicyclic) bond motifs is 4. The summed E-state index contributed by atoms with van der Waals surface area (Å²) in [7, 11) is 2.99. The topological polar surface area (TPSA) is 77.8 Å². The van der Waals surface area contributed by atoms with Crippen molar-refractivity contribution in [2.45, 2.75) is 24.7 Å². The van der Waals surface area contributed by atoms with Crippen LogP contribution in [0.2, 0.25) is 0 Å². The average molecular weight is 288 g/mol. The summed E-state index contributed by atoms with van der Waals surface area (Å²) in [5, 5.41) is 3.32. The Kier molecular flexibility index (Phi) is 2.22. The lowest BCUT2D eigenvalue weighted by Crippen LogP contribution is -2.50. The minimum Gasteiger partial charge on any atom is -0.492 e. The number of nitrogens with zero attached hydrogens (tertiary/aromatic N) is 1. The lowest BCUT2D eigenvalue weighted by atomic mass is 9.88. The smallest absolute Gasteiger partial charge is 0.230 e. The molecule has 2 saturated heterocycles. The van der Waals surface area contributed by atoms with Gasteiger partial charge in [0.05, 0.1) is 24.4 Å². The highest BCUT2D eigenvalue weighted by atomic mass is 16.5. The van der Waals surface area contributed by atoms with Gasteiger partial charge in [0.25, 0.3) is 0 Å². The molecule has 0 aromatic heterocycles. The van der Waals surface area contributed by atoms with Gasteiger partial charge in [-0.1, -0.05) is 6.58 Å². The molecule has 0 aromatic rings. The largest absolute Gasteiger partial charge is 0.492 e. The van der Waals surface area contributed by atoms with Gasteiger partial charge in [-0.2, -0.15) is 0 Å². The summed E-state index contributed by atoms with van der Waals surface area (Å²) < 4.78 is 10.9. The third-order valence-electron chi connectivity index (χ3n) is 4.97. The molecule has 6 heteroatoms. The molecule has 0 amide bonds. The molecular weight excluding hydrogens is 272 g/mol. The predicted octanol–water partition coefficient (Wildman–Crippen LogP) is -0.119. The first-order valence-electron chi connectivity index (χ1n) is 6.86. The molecule has 2 fully saturated rings. The van der Waals surface area contributed by atoms with Gasteiger partial charge in [0.2, 0.25) is 11.6 Å². The molecule has 4 rings (SSSR count). The number of allylic oxidation sites excluding steroid dienone is 2. The molecular formula is C15H16N2O4. The SMILES string of the molecule is C=C1C2=C(C(=O)C(C)=C(OC)C2=O)N2C[C@H]3N[C@H]3[C@@]12OC. The minimum absolute atomic E-state index is 0.0764. The average Bonchev–Trinajstić information content (AvgIpc) is 3.09. The highest BCUT2D eigenvalue weighted by Crippen LogP contribution is 2.54. The van der Waals surface area contributed by atoms with Crippen LogP contribution in [0.3, 0.4) is 0 Å². The fraction of sp³-hybridized carbons (Fsp3) is 0.467. The van der Waals surface area contributed by atoms with Crippen molar-refractivity contribution in [3.05, 3.63) is 34.8 Å². The van der Waals surface area contributed by atoms with Crippen molar-refractivity contribution in [1.29, 1.82) is 0 Å². The molecule has 1 aliphatic carbocycles. The van der Waals surface area contributed by atoms with Gasteiger partial charge in [-0.15, -0.1) is 0 Å². The van der Waals surface area contributed by atoms with E-state index in [1.165, 1.54) is 7.11 Å². The molecule has 4 aliphatic rings. The van der Waals surface area contributed by atoms with E-state index >= 15 is 0 Å². The van der Waals surface area contributed by atoms with Crippen LogP contribution in [-0.2, 0) is 19.1 Å². The van der Waals surface area contributed by atoms with E-state index in [2.05, 4.69) is 11.9 Å². The van der Waals surface area contributed by atoms with Gasteiger partial charge < -0.3 is 19.7 Å². The second-order valence-electron chi connectivity index (χ2n) is 5.78. The number of hydrogen-bond acceptors (Lipinski definition) is 6. The van der Waals surface area contributed by atoms with Gasteiger partial charge in [-0.25, -0.2) is 0 Å². The normalized spacial score (nSPS) is 37.1. The van der Waals surface area contributed by atoms with Crippen molar-refractivity contribution >= 4 is 11.6 Å². The van der Waals surface area contributed by atoms with Crippen LogP contribution in [-0.4, -0.2) is 55.0 Å². The maximum absolute atomic E-state index is 12.7. The number of rotatable bonds is 2. The number of ketones is 2. The number of nitrogens with one attached hydrogen (secondary N) is 1. The van der Waals surface area contributed by atoms with Crippen LogP contribution in [0.1, 0.15) is 6.92 Å². The van der Waals surface area contributed by atoms with E-state index in [9.17, 15) is 9.59 Å². The third-order valence-corrected chi connectivity index (χ3v) is 4.97. The number of carbonyl (C=O) groups excluding carboxylic acids is 2. The van der Waals surface area contributed by atoms with Crippen molar-refractivity contribution in [1.82, 2.24) is 10.2 Å². The zero-order chi connectivity index (χ0) is 15.1. The Morgan fingerprint density at radius 3 is 2.67 bits per heavy atom. The van der Waals surface area contributed by atoms with Gasteiger partial charge in [-0.05, 0) is 6.92 Å². The maximum atomic E-state index is 12.7. The first-order valence-corrected chi connectivity index (χ1v) is 6.86. The predicted molar refractivity (Wildman–Crippen MR) is 73.0 cm³/mol. The van der Waals surface area contributed by atoms with Crippen molar-refractivity contribution in [2.24, 2.45) is 0 Å². The second-order valence-corrected chi connectivity index (χ2v) is 5.78. The molecule has 0 radical (unpaired) electrons. The van der Waals surface area contributed by atoms with E-state index in [4.69, 9.17) is 9.47 Å². The molecule has 0 unspecified atom stereocenters. The molecule has 3 atom stereocenters. The third kappa shape index (κ3) is 1.17. The van der Waals surface area contributed by atoms with Crippen LogP contribution >= 0.6 is 0 Å². The fourth-order valence-corrected chi connectivity index (χ4v) is 3.94. The summed E-state index contributed by atoms with van der Waals surface area (Å²) >= 11 is 0. The van der Waals surface area contributed by atoms with Crippen molar-refractivity contribution < 1.29 is 19.1 Å². The molecule has 0 spiro atoms. The molecule has 3 heterocycles. The van der Waals surface area contributed by atoms with Crippen LogP contribution in [0.4, 0.5) is 0 Å². The zero-order valence-electron chi connectivity index (χ0n) is 12.1. The van der Waals surface area contributed by atoms with Gasteiger partial charge >= 0.3 is 0 Å². The maximum Gasteiger partial charge on any atom is 0.230 e. The van der Waals surface area contributed by atoms with E-state index in [1.807, 2.05) is 4.90 Å². The van der Waals surface area contributed by atoms with Crippen LogP contribution in [0.15, 0.2) is 34.8 Å². The lowest BCUT2D eigenvalue weighted by molar-refractivity contribution is -0.120. The molecule has 1 N–H and O–H groups in total. The Morgan fingerprint density at radius 2 is 2.05 bits per heavy atom. The number of methoxy groups -OCH3 is 2. The second kappa shape index (κ2) is 3.64. The standard InChI is InChI=1S/C15H16N2O4/c1-6-11(18)10-9(12(19)13(6)20-3)7(2)15(21-4)14-8(16-14)5-17(10)15/h8,14,16H,2,5H2,1,3-4H3/t8-,14-,15+/m1/s1. The highest BCUT2D eigenvalue weighted by Gasteiger charge is 2.70. The van der Waals surface area contributed by atoms with Crippen molar-refractivity contribution in [3.8, 4) is 0 Å². The minimum atomic E-state index is -0.815. The first-order chi connectivity index (χ1) is 9.98. The quantitative estimate of drug-likeness (QED) is 0.564. The Bertz CT molecular complexity index is 690. The highest BCUT2D eigenvalue weighted by molar-refractivity contribution is 6.26. The van der Waals surface area contributed by atoms with Crippen LogP contribution in [0.25, 0.3) is 0 Å². The van der Waals surface area contributed by atoms with E-state index in [0.717, 1.165) is 0 Å². The Balaban J connectivity index is 1.90. The zero-order valence-corrected chi connectivity index (χ0v) is 12.1. The van der Waals surface area contributed by atoms with Gasteiger partial charge in [0.1, 0.15) is 0 Å². The van der Waals surface area contributed by atoms with Crippen LogP contribution in [0, 0.1) is 0 Å². The fourth-order valence-electron chi connectivity index (χ4n) is 3.94. The first kappa shape index (κ1) is 12.8. The summed E-state index contributed by atoms with van der Waals surface area (Å²) in [6.07, 6.45) is 0. The summed E-state index contributed by atoms with van der Waals surface area (Å²) in [4.78, 5) is 27.2. The molecule has 3 aliphatic heterocycles. The monoisotopic (exact) mass is 288 g/mol. The van der Waals surface area contributed by atoms with Crippen molar-refractivity contribution in [2.75, 3.05) is 20.8 Å². The Hall–Kier alpha value is -1.92. The van der Waals surface area contributed by atoms with Crippen molar-refractivity contribution in [3.63, 3.8) is 0 Å². The van der Waals surface area contributed by atoms with Gasteiger partial charge in [0.15, 0.2) is 11.5 Å². The number of Topliss-reactive ketones (excluding diaryl/α,β-unsaturated/α-hetero) is 2. The Labute approximate surface area is 122 Å². The summed E-state index contributed by atoms with van der Waals surface area (Å²) in [6.45, 7) is 6.33. The van der Waals surface area contributed by atoms with E-state index in [0.29, 0.717) is 29.0 Å². The van der Waals surface area contributed by atoms with E-state index < -0.39 is 5.72 Å². The molecule has 6 nitrogen and oxygen atoms in total. The number of hydrogen-bond donors (Lipinski definition) is 1. The number of ether oxygens (including phenoxy) is 2. The lowest BCUT2D eigenvalue weighted by Gasteiger charge is -2.36. The van der Waals surface area contributed by atoms with Crippen LogP contribution < -0.4 is 5.32 Å². The Morgan fingerprint density at radius 1 is 1.33 bits per heavy atom. The molecule has 0 bridgehead atoms. The van der Waals surface area contributed by atoms with Crippen LogP contribution in [0.5, 0.6) is 0 Å². The molecule has 21 heavy (non-hydrogen) atoms. The summed E-state index contributed by atoms with van der Waals surface area (Å²) in [5.74, 6) is -0.354. The number of piperazine rings is 1. The van der Waals surface area contributed by atoms with E-state index in [-0.39, 0.29) is 29.4 Å². The van der Waals surface area contributed by atoms with Gasteiger partial charge in [-0.3, -0.25) is 9.59 Å². The number of carbonyl (C=O) groups is 2. The van der Waals surface area contributed by atoms with Gasteiger partial charge in [0, 0.05) is 30.8 Å². The summed E-state index contributed by atoms with van der Waals surface area (Å²) in [5.41, 5.74) is 0.840. The van der Waals surface area contributed by atoms with E-state index in [1.54, 1.807) is 14.0 Å². The summed E-state index contributed by atoms with van der Waals surface area (Å²) in [6, 6.07) is 0.360.